The molecule has 2 unspecified atom stereocenters. The van der Waals surface area contributed by atoms with Crippen molar-refractivity contribution in [1.29, 1.82) is 0 Å². The maximum atomic E-state index is 10.4. The number of hydrogen-bond acceptors (Lipinski definition) is 3. The topological polar surface area (TPSA) is 42.4 Å². The maximum absolute atomic E-state index is 10.4. The van der Waals surface area contributed by atoms with Gasteiger partial charge in [-0.3, -0.25) is 4.98 Å². The minimum Gasteiger partial charge on any atom is -0.387 e. The predicted octanol–water partition coefficient (Wildman–Crippen LogP) is 3.13. The van der Waals surface area contributed by atoms with Crippen molar-refractivity contribution in [3.05, 3.63) is 65.0 Å². The quantitative estimate of drug-likeness (QED) is 0.931. The van der Waals surface area contributed by atoms with Gasteiger partial charge in [0, 0.05) is 12.6 Å². The second-order valence-corrected chi connectivity index (χ2v) is 5.32. The van der Waals surface area contributed by atoms with E-state index in [0.29, 0.717) is 6.42 Å². The molecule has 0 aliphatic carbocycles. The Kier molecular flexibility index (Phi) is 3.81. The third-order valence-corrected chi connectivity index (χ3v) is 3.81. The monoisotopic (exact) mass is 269 g/mol. The second-order valence-electron chi connectivity index (χ2n) is 5.32. The normalized spacial score (nSPS) is 19.4. The van der Waals surface area contributed by atoms with Gasteiger partial charge in [0.2, 0.25) is 0 Å². The SMILES string of the molecule is Cc1ccnc(C(O)CC2OCCc3ccccc32)c1. The van der Waals surface area contributed by atoms with E-state index in [1.54, 1.807) is 6.20 Å². The van der Waals surface area contributed by atoms with Crippen LogP contribution in [0.2, 0.25) is 0 Å². The van der Waals surface area contributed by atoms with Crippen LogP contribution >= 0.6 is 0 Å². The lowest BCUT2D eigenvalue weighted by molar-refractivity contribution is 0.00280. The number of ether oxygens (including phenoxy) is 1. The Morgan fingerprint density at radius 3 is 3.05 bits per heavy atom. The summed E-state index contributed by atoms with van der Waals surface area (Å²) < 4.78 is 5.84. The van der Waals surface area contributed by atoms with Gasteiger partial charge < -0.3 is 9.84 Å². The van der Waals surface area contributed by atoms with Crippen molar-refractivity contribution >= 4 is 0 Å². The number of benzene rings is 1. The molecule has 1 aliphatic rings. The number of aromatic nitrogens is 1. The second kappa shape index (κ2) is 5.73. The Balaban J connectivity index is 1.79. The smallest absolute Gasteiger partial charge is 0.0987 e. The molecule has 3 heteroatoms. The molecular weight excluding hydrogens is 250 g/mol. The molecule has 0 saturated carbocycles. The number of nitrogens with zero attached hydrogens (tertiary/aromatic N) is 1. The fourth-order valence-electron chi connectivity index (χ4n) is 2.74. The number of aryl methyl sites for hydroxylation is 1. The first-order valence-corrected chi connectivity index (χ1v) is 7.04. The van der Waals surface area contributed by atoms with E-state index in [9.17, 15) is 5.11 Å². The van der Waals surface area contributed by atoms with Crippen LogP contribution in [0.3, 0.4) is 0 Å². The van der Waals surface area contributed by atoms with Crippen LogP contribution in [0.5, 0.6) is 0 Å². The van der Waals surface area contributed by atoms with Gasteiger partial charge in [-0.25, -0.2) is 0 Å². The Morgan fingerprint density at radius 1 is 1.35 bits per heavy atom. The molecule has 0 amide bonds. The minimum atomic E-state index is -0.592. The molecule has 104 valence electrons. The van der Waals surface area contributed by atoms with E-state index in [-0.39, 0.29) is 6.10 Å². The largest absolute Gasteiger partial charge is 0.387 e. The molecule has 3 rings (SSSR count). The van der Waals surface area contributed by atoms with E-state index in [2.05, 4.69) is 23.2 Å². The molecule has 0 radical (unpaired) electrons. The summed E-state index contributed by atoms with van der Waals surface area (Å²) in [6.45, 7) is 2.72. The molecule has 3 nitrogen and oxygen atoms in total. The molecule has 0 fully saturated rings. The Morgan fingerprint density at radius 2 is 2.20 bits per heavy atom. The first-order valence-electron chi connectivity index (χ1n) is 7.04. The Labute approximate surface area is 119 Å². The first-order chi connectivity index (χ1) is 9.74. The van der Waals surface area contributed by atoms with E-state index in [0.717, 1.165) is 24.3 Å². The van der Waals surface area contributed by atoms with Gasteiger partial charge in [-0.15, -0.1) is 0 Å². The van der Waals surface area contributed by atoms with Crippen LogP contribution in [0, 0.1) is 6.92 Å². The third-order valence-electron chi connectivity index (χ3n) is 3.81. The number of pyridine rings is 1. The van der Waals surface area contributed by atoms with Crippen molar-refractivity contribution in [3.8, 4) is 0 Å². The minimum absolute atomic E-state index is 0.0442. The van der Waals surface area contributed by atoms with E-state index in [1.165, 1.54) is 11.1 Å². The van der Waals surface area contributed by atoms with E-state index < -0.39 is 6.10 Å². The van der Waals surface area contributed by atoms with Crippen LogP contribution in [0.1, 0.15) is 41.0 Å². The lowest BCUT2D eigenvalue weighted by atomic mass is 9.93. The summed E-state index contributed by atoms with van der Waals surface area (Å²) in [5.41, 5.74) is 4.36. The van der Waals surface area contributed by atoms with Crippen LogP contribution in [0.4, 0.5) is 0 Å². The molecular formula is C17H19NO2. The Bertz CT molecular complexity index is 597. The summed E-state index contributed by atoms with van der Waals surface area (Å²) in [6.07, 6.45) is 2.60. The number of rotatable bonds is 3. The van der Waals surface area contributed by atoms with Crippen LogP contribution < -0.4 is 0 Å². The fourth-order valence-corrected chi connectivity index (χ4v) is 2.74. The predicted molar refractivity (Wildman–Crippen MR) is 77.4 cm³/mol. The van der Waals surface area contributed by atoms with E-state index in [4.69, 9.17) is 4.74 Å². The highest BCUT2D eigenvalue weighted by Gasteiger charge is 2.24. The Hall–Kier alpha value is -1.71. The summed E-state index contributed by atoms with van der Waals surface area (Å²) in [4.78, 5) is 4.26. The summed E-state index contributed by atoms with van der Waals surface area (Å²) in [5, 5.41) is 10.4. The molecule has 20 heavy (non-hydrogen) atoms. The number of aliphatic hydroxyl groups excluding tert-OH is 1. The van der Waals surface area contributed by atoms with Crippen molar-refractivity contribution in [1.82, 2.24) is 4.98 Å². The van der Waals surface area contributed by atoms with Crippen molar-refractivity contribution in [2.75, 3.05) is 6.61 Å². The molecule has 0 bridgehead atoms. The number of hydrogen-bond donors (Lipinski definition) is 1. The highest BCUT2D eigenvalue weighted by molar-refractivity contribution is 5.31. The summed E-state index contributed by atoms with van der Waals surface area (Å²) in [7, 11) is 0. The van der Waals surface area contributed by atoms with Crippen LogP contribution in [-0.4, -0.2) is 16.7 Å². The molecule has 1 aromatic carbocycles. The van der Waals surface area contributed by atoms with E-state index >= 15 is 0 Å². The van der Waals surface area contributed by atoms with Crippen molar-refractivity contribution < 1.29 is 9.84 Å². The zero-order valence-electron chi connectivity index (χ0n) is 11.6. The van der Waals surface area contributed by atoms with E-state index in [1.807, 2.05) is 25.1 Å². The standard InChI is InChI=1S/C17H19NO2/c1-12-6-8-18-15(10-12)16(19)11-17-14-5-3-2-4-13(14)7-9-20-17/h2-6,8,10,16-17,19H,7,9,11H2,1H3. The van der Waals surface area contributed by atoms with Gasteiger partial charge in [-0.2, -0.15) is 0 Å². The molecule has 1 N–H and O–H groups in total. The molecule has 0 spiro atoms. The molecule has 1 aromatic heterocycles. The van der Waals surface area contributed by atoms with Gasteiger partial charge >= 0.3 is 0 Å². The van der Waals surface area contributed by atoms with Gasteiger partial charge in [0.15, 0.2) is 0 Å². The maximum Gasteiger partial charge on any atom is 0.0987 e. The molecule has 2 aromatic rings. The summed E-state index contributed by atoms with van der Waals surface area (Å²) in [6, 6.07) is 12.2. The van der Waals surface area contributed by atoms with Crippen LogP contribution in [0.15, 0.2) is 42.6 Å². The zero-order chi connectivity index (χ0) is 13.9. The average Bonchev–Trinajstić information content (AvgIpc) is 2.47. The zero-order valence-corrected chi connectivity index (χ0v) is 11.6. The molecule has 0 saturated heterocycles. The molecule has 1 aliphatic heterocycles. The first kappa shape index (κ1) is 13.3. The fraction of sp³-hybridized carbons (Fsp3) is 0.353. The number of aliphatic hydroxyl groups is 1. The third kappa shape index (κ3) is 2.74. The van der Waals surface area contributed by atoms with Gasteiger partial charge in [-0.05, 0) is 42.2 Å². The highest BCUT2D eigenvalue weighted by Crippen LogP contribution is 2.33. The lowest BCUT2D eigenvalue weighted by Crippen LogP contribution is -2.18. The molecule has 2 heterocycles. The van der Waals surface area contributed by atoms with Gasteiger partial charge in [0.1, 0.15) is 0 Å². The van der Waals surface area contributed by atoms with Gasteiger partial charge in [0.05, 0.1) is 24.5 Å². The van der Waals surface area contributed by atoms with Gasteiger partial charge in [0.25, 0.3) is 0 Å². The highest BCUT2D eigenvalue weighted by atomic mass is 16.5. The lowest BCUT2D eigenvalue weighted by Gasteiger charge is -2.27. The summed E-state index contributed by atoms with van der Waals surface area (Å²) >= 11 is 0. The average molecular weight is 269 g/mol. The molecule has 2 atom stereocenters. The number of fused-ring (bicyclic) bond motifs is 1. The van der Waals surface area contributed by atoms with Gasteiger partial charge in [-0.1, -0.05) is 24.3 Å². The van der Waals surface area contributed by atoms with Crippen LogP contribution in [-0.2, 0) is 11.2 Å². The summed E-state index contributed by atoms with van der Waals surface area (Å²) in [5.74, 6) is 0. The van der Waals surface area contributed by atoms with Crippen LogP contribution in [0.25, 0.3) is 0 Å². The van der Waals surface area contributed by atoms with Crippen molar-refractivity contribution in [3.63, 3.8) is 0 Å². The van der Waals surface area contributed by atoms with Crippen molar-refractivity contribution in [2.45, 2.75) is 32.0 Å². The van der Waals surface area contributed by atoms with Crippen molar-refractivity contribution in [2.24, 2.45) is 0 Å².